The molecule has 1 N–H and O–H groups in total. The number of aliphatic hydroxyl groups is 1. The van der Waals surface area contributed by atoms with E-state index >= 15 is 0 Å². The number of nitriles is 1. The van der Waals surface area contributed by atoms with Crippen LogP contribution in [-0.4, -0.2) is 23.8 Å². The number of hydrogen-bond donors (Lipinski definition) is 1. The van der Waals surface area contributed by atoms with Crippen LogP contribution in [0.1, 0.15) is 26.2 Å². The van der Waals surface area contributed by atoms with Crippen molar-refractivity contribution in [3.8, 4) is 6.07 Å². The standard InChI is InChI=1S/C9H13NO3/c1-2-13-8(12)7(11)9(6-10)4-3-5-9/h7,11H,2-5H2,1H3. The van der Waals surface area contributed by atoms with Crippen molar-refractivity contribution in [3.63, 3.8) is 0 Å². The molecule has 1 saturated carbocycles. The molecule has 0 aromatic heterocycles. The summed E-state index contributed by atoms with van der Waals surface area (Å²) >= 11 is 0. The number of ether oxygens (including phenoxy) is 1. The number of nitrogens with zero attached hydrogens (tertiary/aromatic N) is 1. The average Bonchev–Trinajstić information content (AvgIpc) is 2.03. The molecule has 0 spiro atoms. The van der Waals surface area contributed by atoms with Gasteiger partial charge in [-0.15, -0.1) is 0 Å². The Morgan fingerprint density at radius 2 is 2.38 bits per heavy atom. The van der Waals surface area contributed by atoms with Crippen molar-refractivity contribution in [1.82, 2.24) is 0 Å². The fourth-order valence-corrected chi connectivity index (χ4v) is 1.45. The second-order valence-electron chi connectivity index (χ2n) is 3.28. The summed E-state index contributed by atoms with van der Waals surface area (Å²) in [6, 6.07) is 2.00. The van der Waals surface area contributed by atoms with Crippen LogP contribution in [0.2, 0.25) is 0 Å². The number of carbonyl (C=O) groups is 1. The van der Waals surface area contributed by atoms with Gasteiger partial charge in [0.2, 0.25) is 0 Å². The van der Waals surface area contributed by atoms with Crippen LogP contribution in [0.25, 0.3) is 0 Å². The van der Waals surface area contributed by atoms with E-state index in [9.17, 15) is 9.90 Å². The molecule has 0 aromatic rings. The first kappa shape index (κ1) is 10.0. The molecular weight excluding hydrogens is 170 g/mol. The third-order valence-electron chi connectivity index (χ3n) is 2.50. The van der Waals surface area contributed by atoms with Crippen LogP contribution in [0.5, 0.6) is 0 Å². The molecule has 0 aliphatic heterocycles. The number of carbonyl (C=O) groups excluding carboxylic acids is 1. The molecular formula is C9H13NO3. The normalized spacial score (nSPS) is 21.0. The van der Waals surface area contributed by atoms with Crippen LogP contribution in [0.4, 0.5) is 0 Å². The smallest absolute Gasteiger partial charge is 0.336 e. The molecule has 0 heterocycles. The molecule has 1 rings (SSSR count). The molecule has 1 unspecified atom stereocenters. The first-order valence-corrected chi connectivity index (χ1v) is 4.42. The molecule has 1 atom stereocenters. The summed E-state index contributed by atoms with van der Waals surface area (Å²) in [6.45, 7) is 1.90. The van der Waals surface area contributed by atoms with Crippen molar-refractivity contribution < 1.29 is 14.6 Å². The van der Waals surface area contributed by atoms with Gasteiger partial charge in [0.15, 0.2) is 6.10 Å². The molecule has 4 nitrogen and oxygen atoms in total. The molecule has 1 aliphatic carbocycles. The Kier molecular flexibility index (Phi) is 2.89. The maximum Gasteiger partial charge on any atom is 0.336 e. The molecule has 0 aromatic carbocycles. The van der Waals surface area contributed by atoms with Gasteiger partial charge < -0.3 is 9.84 Å². The van der Waals surface area contributed by atoms with Crippen LogP contribution in [0, 0.1) is 16.7 Å². The SMILES string of the molecule is CCOC(=O)C(O)C1(C#N)CCC1. The van der Waals surface area contributed by atoms with Crippen molar-refractivity contribution in [3.05, 3.63) is 0 Å². The molecule has 0 saturated heterocycles. The summed E-state index contributed by atoms with van der Waals surface area (Å²) in [4.78, 5) is 11.1. The van der Waals surface area contributed by atoms with E-state index in [1.165, 1.54) is 0 Å². The zero-order valence-electron chi connectivity index (χ0n) is 7.62. The van der Waals surface area contributed by atoms with Gasteiger partial charge in [0, 0.05) is 0 Å². The summed E-state index contributed by atoms with van der Waals surface area (Å²) in [6.07, 6.45) is 0.794. The molecule has 0 bridgehead atoms. The highest BCUT2D eigenvalue weighted by Gasteiger charge is 2.48. The van der Waals surface area contributed by atoms with Gasteiger partial charge in [-0.3, -0.25) is 0 Å². The quantitative estimate of drug-likeness (QED) is 0.650. The number of rotatable bonds is 3. The monoisotopic (exact) mass is 183 g/mol. The van der Waals surface area contributed by atoms with Gasteiger partial charge in [-0.25, -0.2) is 4.79 Å². The fraction of sp³-hybridized carbons (Fsp3) is 0.778. The highest BCUT2D eigenvalue weighted by molar-refractivity contribution is 5.76. The number of aliphatic hydroxyl groups excluding tert-OH is 1. The zero-order valence-corrected chi connectivity index (χ0v) is 7.62. The van der Waals surface area contributed by atoms with Crippen LogP contribution >= 0.6 is 0 Å². The summed E-state index contributed by atoms with van der Waals surface area (Å²) in [5.41, 5.74) is -0.869. The van der Waals surface area contributed by atoms with Gasteiger partial charge in [-0.05, 0) is 19.8 Å². The zero-order chi connectivity index (χ0) is 9.90. The van der Waals surface area contributed by atoms with E-state index in [4.69, 9.17) is 5.26 Å². The minimum absolute atomic E-state index is 0.234. The van der Waals surface area contributed by atoms with Gasteiger partial charge in [0.1, 0.15) is 0 Å². The second kappa shape index (κ2) is 3.75. The third-order valence-corrected chi connectivity index (χ3v) is 2.50. The summed E-state index contributed by atoms with van der Waals surface area (Å²) < 4.78 is 4.65. The lowest BCUT2D eigenvalue weighted by Crippen LogP contribution is -2.45. The second-order valence-corrected chi connectivity index (χ2v) is 3.28. The third kappa shape index (κ3) is 1.65. The predicted octanol–water partition coefficient (Wildman–Crippen LogP) is 0.604. The maximum absolute atomic E-state index is 11.1. The lowest BCUT2D eigenvalue weighted by molar-refractivity contribution is -0.161. The molecule has 0 radical (unpaired) electrons. The Hall–Kier alpha value is -1.08. The molecule has 1 fully saturated rings. The van der Waals surface area contributed by atoms with Gasteiger partial charge in [-0.1, -0.05) is 6.42 Å². The van der Waals surface area contributed by atoms with Crippen molar-refractivity contribution in [1.29, 1.82) is 5.26 Å². The summed E-state index contributed by atoms with van der Waals surface area (Å²) in [5.74, 6) is -0.677. The van der Waals surface area contributed by atoms with Crippen LogP contribution in [-0.2, 0) is 9.53 Å². The van der Waals surface area contributed by atoms with E-state index < -0.39 is 17.5 Å². The van der Waals surface area contributed by atoms with Gasteiger partial charge in [0.05, 0.1) is 18.1 Å². The largest absolute Gasteiger partial charge is 0.464 e. The Balaban J connectivity index is 2.60. The van der Waals surface area contributed by atoms with E-state index in [1.807, 2.05) is 6.07 Å². The highest BCUT2D eigenvalue weighted by atomic mass is 16.5. The van der Waals surface area contributed by atoms with Crippen molar-refractivity contribution >= 4 is 5.97 Å². The van der Waals surface area contributed by atoms with Crippen molar-refractivity contribution in [2.45, 2.75) is 32.3 Å². The topological polar surface area (TPSA) is 70.3 Å². The first-order valence-electron chi connectivity index (χ1n) is 4.42. The van der Waals surface area contributed by atoms with Crippen LogP contribution < -0.4 is 0 Å². The molecule has 4 heteroatoms. The Morgan fingerprint density at radius 3 is 2.69 bits per heavy atom. The predicted molar refractivity (Wildman–Crippen MR) is 44.5 cm³/mol. The van der Waals surface area contributed by atoms with Gasteiger partial charge >= 0.3 is 5.97 Å². The first-order chi connectivity index (χ1) is 6.16. The Labute approximate surface area is 77.1 Å². The minimum atomic E-state index is -1.27. The average molecular weight is 183 g/mol. The Morgan fingerprint density at radius 1 is 1.77 bits per heavy atom. The van der Waals surface area contributed by atoms with Crippen LogP contribution in [0.3, 0.4) is 0 Å². The van der Waals surface area contributed by atoms with E-state index in [2.05, 4.69) is 4.74 Å². The molecule has 13 heavy (non-hydrogen) atoms. The highest BCUT2D eigenvalue weighted by Crippen LogP contribution is 2.43. The molecule has 0 amide bonds. The van der Waals surface area contributed by atoms with Gasteiger partial charge in [-0.2, -0.15) is 5.26 Å². The lowest BCUT2D eigenvalue weighted by Gasteiger charge is -2.37. The van der Waals surface area contributed by atoms with Gasteiger partial charge in [0.25, 0.3) is 0 Å². The number of hydrogen-bond acceptors (Lipinski definition) is 4. The molecule has 1 aliphatic rings. The summed E-state index contributed by atoms with van der Waals surface area (Å²) in [7, 11) is 0. The maximum atomic E-state index is 11.1. The van der Waals surface area contributed by atoms with Crippen molar-refractivity contribution in [2.24, 2.45) is 5.41 Å². The summed E-state index contributed by atoms with van der Waals surface area (Å²) in [5, 5.41) is 18.3. The van der Waals surface area contributed by atoms with E-state index in [-0.39, 0.29) is 6.61 Å². The van der Waals surface area contributed by atoms with Crippen LogP contribution in [0.15, 0.2) is 0 Å². The lowest BCUT2D eigenvalue weighted by atomic mass is 9.66. The fourth-order valence-electron chi connectivity index (χ4n) is 1.45. The van der Waals surface area contributed by atoms with Crippen molar-refractivity contribution in [2.75, 3.05) is 6.61 Å². The van der Waals surface area contributed by atoms with E-state index in [0.717, 1.165) is 6.42 Å². The Bertz CT molecular complexity index is 240. The number of esters is 1. The minimum Gasteiger partial charge on any atom is -0.464 e. The van der Waals surface area contributed by atoms with E-state index in [1.54, 1.807) is 6.92 Å². The molecule has 72 valence electrons. The van der Waals surface area contributed by atoms with E-state index in [0.29, 0.717) is 12.8 Å².